The number of nitrogens with one attached hydrogen (secondary N) is 1. The molecule has 3 atom stereocenters. The fourth-order valence-electron chi connectivity index (χ4n) is 4.73. The van der Waals surface area contributed by atoms with Crippen molar-refractivity contribution >= 4 is 11.6 Å². The van der Waals surface area contributed by atoms with Crippen molar-refractivity contribution in [2.45, 2.75) is 51.4 Å². The fourth-order valence-corrected chi connectivity index (χ4v) is 4.73. The Bertz CT molecular complexity index is 536. The van der Waals surface area contributed by atoms with Gasteiger partial charge in [-0.3, -0.25) is 4.79 Å². The number of amides is 1. The number of fused-ring (bicyclic) bond motifs is 3. The molecular formula is C18H23NO. The van der Waals surface area contributed by atoms with Crippen LogP contribution in [0.15, 0.2) is 18.2 Å². The van der Waals surface area contributed by atoms with Crippen molar-refractivity contribution in [2.75, 3.05) is 5.32 Å². The van der Waals surface area contributed by atoms with Crippen molar-refractivity contribution in [3.05, 3.63) is 29.3 Å². The molecule has 2 nitrogen and oxygen atoms in total. The van der Waals surface area contributed by atoms with Gasteiger partial charge in [0.15, 0.2) is 0 Å². The van der Waals surface area contributed by atoms with Crippen LogP contribution in [0.3, 0.4) is 0 Å². The molecule has 4 rings (SSSR count). The minimum Gasteiger partial charge on any atom is -0.326 e. The lowest BCUT2D eigenvalue weighted by atomic mass is 9.86. The Balaban J connectivity index is 1.38. The summed E-state index contributed by atoms with van der Waals surface area (Å²) in [4.78, 5) is 12.2. The van der Waals surface area contributed by atoms with Crippen molar-refractivity contribution in [1.29, 1.82) is 0 Å². The number of aryl methyl sites for hydroxylation is 2. The molecule has 1 N–H and O–H groups in total. The summed E-state index contributed by atoms with van der Waals surface area (Å²) in [5.41, 5.74) is 3.90. The molecule has 0 heterocycles. The second-order valence-corrected chi connectivity index (χ2v) is 7.02. The third-order valence-corrected chi connectivity index (χ3v) is 5.71. The van der Waals surface area contributed by atoms with Crippen LogP contribution in [0.1, 0.15) is 49.7 Å². The van der Waals surface area contributed by atoms with Crippen LogP contribution in [0, 0.1) is 17.8 Å². The Labute approximate surface area is 121 Å². The van der Waals surface area contributed by atoms with Gasteiger partial charge in [0.05, 0.1) is 0 Å². The Kier molecular flexibility index (Phi) is 3.05. The lowest BCUT2D eigenvalue weighted by Gasteiger charge is -2.21. The van der Waals surface area contributed by atoms with E-state index < -0.39 is 0 Å². The summed E-state index contributed by atoms with van der Waals surface area (Å²) in [5, 5.41) is 3.12. The van der Waals surface area contributed by atoms with Gasteiger partial charge in [-0.25, -0.2) is 0 Å². The van der Waals surface area contributed by atoms with E-state index in [4.69, 9.17) is 0 Å². The van der Waals surface area contributed by atoms with Crippen LogP contribution in [0.4, 0.5) is 5.69 Å². The minimum atomic E-state index is 0.223. The van der Waals surface area contributed by atoms with E-state index in [2.05, 4.69) is 23.5 Å². The maximum Gasteiger partial charge on any atom is 0.224 e. The third kappa shape index (κ3) is 2.25. The number of hydrogen-bond donors (Lipinski definition) is 1. The van der Waals surface area contributed by atoms with Crippen LogP contribution in [0.2, 0.25) is 0 Å². The van der Waals surface area contributed by atoms with E-state index in [1.807, 2.05) is 0 Å². The number of anilines is 1. The van der Waals surface area contributed by atoms with Gasteiger partial charge in [-0.05, 0) is 79.5 Å². The number of benzene rings is 1. The fraction of sp³-hybridized carbons (Fsp3) is 0.611. The van der Waals surface area contributed by atoms with Crippen molar-refractivity contribution < 1.29 is 4.79 Å². The van der Waals surface area contributed by atoms with Crippen molar-refractivity contribution in [3.63, 3.8) is 0 Å². The largest absolute Gasteiger partial charge is 0.326 e. The van der Waals surface area contributed by atoms with E-state index in [9.17, 15) is 4.79 Å². The van der Waals surface area contributed by atoms with Gasteiger partial charge in [0.1, 0.15) is 0 Å². The van der Waals surface area contributed by atoms with Crippen LogP contribution in [-0.4, -0.2) is 5.91 Å². The quantitative estimate of drug-likeness (QED) is 0.884. The lowest BCUT2D eigenvalue weighted by Crippen LogP contribution is -2.20. The summed E-state index contributed by atoms with van der Waals surface area (Å²) in [6, 6.07) is 6.44. The highest BCUT2D eigenvalue weighted by molar-refractivity contribution is 5.91. The van der Waals surface area contributed by atoms with Gasteiger partial charge in [-0.2, -0.15) is 0 Å². The molecule has 1 aromatic rings. The molecule has 20 heavy (non-hydrogen) atoms. The molecular weight excluding hydrogens is 246 g/mol. The second-order valence-electron chi connectivity index (χ2n) is 7.02. The van der Waals surface area contributed by atoms with Crippen LogP contribution in [0.5, 0.6) is 0 Å². The Morgan fingerprint density at radius 1 is 1.15 bits per heavy atom. The molecule has 2 fully saturated rings. The first-order valence-electron chi connectivity index (χ1n) is 8.19. The number of carbonyl (C=O) groups excluding carboxylic acids is 1. The summed E-state index contributed by atoms with van der Waals surface area (Å²) in [6.45, 7) is 0. The molecule has 3 aliphatic carbocycles. The number of carbonyl (C=O) groups is 1. The third-order valence-electron chi connectivity index (χ3n) is 5.71. The topological polar surface area (TPSA) is 29.1 Å². The van der Waals surface area contributed by atoms with Gasteiger partial charge in [-0.1, -0.05) is 12.5 Å². The molecule has 0 aliphatic heterocycles. The summed E-state index contributed by atoms with van der Waals surface area (Å²) in [6.07, 6.45) is 9.82. The molecule has 1 aromatic carbocycles. The first kappa shape index (κ1) is 12.4. The van der Waals surface area contributed by atoms with Gasteiger partial charge < -0.3 is 5.32 Å². The van der Waals surface area contributed by atoms with Crippen LogP contribution < -0.4 is 5.32 Å². The smallest absolute Gasteiger partial charge is 0.224 e. The predicted molar refractivity (Wildman–Crippen MR) is 80.7 cm³/mol. The SMILES string of the molecule is O=C(C[C@@H]1C[C@@H]2CC[C@@H]1C2)Nc1ccc2c(c1)CCC2. The van der Waals surface area contributed by atoms with E-state index in [1.165, 1.54) is 56.1 Å². The van der Waals surface area contributed by atoms with E-state index in [-0.39, 0.29) is 5.91 Å². The molecule has 1 amide bonds. The maximum atomic E-state index is 12.2. The van der Waals surface area contributed by atoms with Crippen LogP contribution in [0.25, 0.3) is 0 Å². The first-order chi connectivity index (χ1) is 9.78. The van der Waals surface area contributed by atoms with Gasteiger partial charge in [0.2, 0.25) is 5.91 Å². The average Bonchev–Trinajstić information content (AvgIpc) is 3.13. The highest BCUT2D eigenvalue weighted by atomic mass is 16.1. The summed E-state index contributed by atoms with van der Waals surface area (Å²) in [7, 11) is 0. The zero-order chi connectivity index (χ0) is 13.5. The highest BCUT2D eigenvalue weighted by Gasteiger charge is 2.40. The van der Waals surface area contributed by atoms with Gasteiger partial charge in [0, 0.05) is 12.1 Å². The predicted octanol–water partition coefficient (Wildman–Crippen LogP) is 3.94. The number of hydrogen-bond acceptors (Lipinski definition) is 1. The molecule has 0 spiro atoms. The van der Waals surface area contributed by atoms with E-state index >= 15 is 0 Å². The highest BCUT2D eigenvalue weighted by Crippen LogP contribution is 2.49. The molecule has 3 aliphatic rings. The van der Waals surface area contributed by atoms with Crippen LogP contribution >= 0.6 is 0 Å². The molecule has 2 heteroatoms. The molecule has 0 radical (unpaired) electrons. The second kappa shape index (κ2) is 4.91. The van der Waals surface area contributed by atoms with E-state index in [0.717, 1.165) is 23.9 Å². The van der Waals surface area contributed by atoms with E-state index in [0.29, 0.717) is 5.92 Å². The van der Waals surface area contributed by atoms with Crippen molar-refractivity contribution in [2.24, 2.45) is 17.8 Å². The standard InChI is InChI=1S/C18H23NO/c20-18(11-16-9-12-4-5-15(16)8-12)19-17-7-6-13-2-1-3-14(13)10-17/h6-7,10,12,15-16H,1-5,8-9,11H2,(H,19,20)/t12-,15-,16+/m1/s1. The maximum absolute atomic E-state index is 12.2. The monoisotopic (exact) mass is 269 g/mol. The lowest BCUT2D eigenvalue weighted by molar-refractivity contribution is -0.117. The Morgan fingerprint density at radius 2 is 2.05 bits per heavy atom. The van der Waals surface area contributed by atoms with E-state index in [1.54, 1.807) is 0 Å². The average molecular weight is 269 g/mol. The molecule has 2 saturated carbocycles. The zero-order valence-electron chi connectivity index (χ0n) is 12.0. The summed E-state index contributed by atoms with van der Waals surface area (Å²) < 4.78 is 0. The molecule has 0 aromatic heterocycles. The van der Waals surface area contributed by atoms with Crippen molar-refractivity contribution in [1.82, 2.24) is 0 Å². The van der Waals surface area contributed by atoms with Crippen molar-refractivity contribution in [3.8, 4) is 0 Å². The first-order valence-corrected chi connectivity index (χ1v) is 8.19. The van der Waals surface area contributed by atoms with Gasteiger partial charge in [-0.15, -0.1) is 0 Å². The minimum absolute atomic E-state index is 0.223. The Morgan fingerprint density at radius 3 is 2.85 bits per heavy atom. The summed E-state index contributed by atoms with van der Waals surface area (Å²) >= 11 is 0. The molecule has 2 bridgehead atoms. The van der Waals surface area contributed by atoms with Gasteiger partial charge in [0.25, 0.3) is 0 Å². The number of rotatable bonds is 3. The zero-order valence-corrected chi connectivity index (χ0v) is 12.0. The van der Waals surface area contributed by atoms with Gasteiger partial charge >= 0.3 is 0 Å². The normalized spacial score (nSPS) is 30.5. The summed E-state index contributed by atoms with van der Waals surface area (Å²) in [5.74, 6) is 2.65. The molecule has 0 saturated heterocycles. The van der Waals surface area contributed by atoms with Crippen LogP contribution in [-0.2, 0) is 17.6 Å². The molecule has 106 valence electrons. The molecule has 0 unspecified atom stereocenters. The Hall–Kier alpha value is -1.31.